The van der Waals surface area contributed by atoms with Crippen LogP contribution in [0.1, 0.15) is 16.9 Å². The smallest absolute Gasteiger partial charge is 0.273 e. The number of nitrogens with zero attached hydrogens (tertiary/aromatic N) is 5. The van der Waals surface area contributed by atoms with Gasteiger partial charge in [-0.05, 0) is 12.0 Å². The highest BCUT2D eigenvalue weighted by molar-refractivity contribution is 5.91. The summed E-state index contributed by atoms with van der Waals surface area (Å²) in [6, 6.07) is 0. The van der Waals surface area contributed by atoms with E-state index in [-0.39, 0.29) is 11.6 Å². The first kappa shape index (κ1) is 10.0. The summed E-state index contributed by atoms with van der Waals surface area (Å²) in [4.78, 5) is 13.8. The van der Waals surface area contributed by atoms with Crippen molar-refractivity contribution in [1.29, 1.82) is 0 Å². The zero-order chi connectivity index (χ0) is 10.2. The average molecular weight is 195 g/mol. The number of carbonyl (C=O) groups is 1. The van der Waals surface area contributed by atoms with E-state index in [0.29, 0.717) is 19.5 Å². The van der Waals surface area contributed by atoms with Crippen LogP contribution in [0.15, 0.2) is 11.3 Å². The van der Waals surface area contributed by atoms with Crippen LogP contribution in [0.2, 0.25) is 0 Å². The number of nitrogens with one attached hydrogen (secondary N) is 2. The van der Waals surface area contributed by atoms with Crippen LogP contribution in [-0.4, -0.2) is 34.4 Å². The Kier molecular flexibility index (Phi) is 3.96. The van der Waals surface area contributed by atoms with E-state index < -0.39 is 0 Å². The molecule has 0 aliphatic rings. The average Bonchev–Trinajstić information content (AvgIpc) is 2.70. The molecule has 0 radical (unpaired) electrons. The van der Waals surface area contributed by atoms with E-state index in [0.717, 1.165) is 0 Å². The molecule has 0 fully saturated rings. The van der Waals surface area contributed by atoms with Gasteiger partial charge in [-0.15, -0.1) is 0 Å². The quantitative estimate of drug-likeness (QED) is 0.303. The molecule has 0 aliphatic carbocycles. The van der Waals surface area contributed by atoms with E-state index in [1.807, 2.05) is 0 Å². The van der Waals surface area contributed by atoms with Crippen LogP contribution in [0.5, 0.6) is 0 Å². The molecular formula is C6H9N7O. The van der Waals surface area contributed by atoms with Crippen molar-refractivity contribution in [3.05, 3.63) is 22.3 Å². The van der Waals surface area contributed by atoms with Crippen molar-refractivity contribution in [2.45, 2.75) is 6.42 Å². The lowest BCUT2D eigenvalue weighted by Gasteiger charge is -1.99. The normalized spacial score (nSPS) is 9.14. The number of H-pyrrole nitrogens is 1. The molecule has 8 nitrogen and oxygen atoms in total. The maximum atomic E-state index is 11.2. The third-order valence-corrected chi connectivity index (χ3v) is 1.43. The molecule has 1 aromatic heterocycles. The van der Waals surface area contributed by atoms with Crippen LogP contribution < -0.4 is 5.32 Å². The molecule has 0 atom stereocenters. The molecule has 14 heavy (non-hydrogen) atoms. The number of aromatic nitrogens is 3. The second-order valence-corrected chi connectivity index (χ2v) is 2.42. The molecule has 0 spiro atoms. The van der Waals surface area contributed by atoms with Crippen molar-refractivity contribution in [3.63, 3.8) is 0 Å². The van der Waals surface area contributed by atoms with Crippen molar-refractivity contribution in [1.82, 2.24) is 20.7 Å². The minimum Gasteiger partial charge on any atom is -0.351 e. The fraction of sp³-hybridized carbons (Fsp3) is 0.500. The van der Waals surface area contributed by atoms with Crippen LogP contribution in [0.3, 0.4) is 0 Å². The van der Waals surface area contributed by atoms with E-state index in [1.54, 1.807) is 0 Å². The Hall–Kier alpha value is -2.08. The number of hydrogen-bond acceptors (Lipinski definition) is 4. The fourth-order valence-corrected chi connectivity index (χ4v) is 0.798. The molecule has 1 amide bonds. The third-order valence-electron chi connectivity index (χ3n) is 1.43. The van der Waals surface area contributed by atoms with E-state index >= 15 is 0 Å². The highest BCUT2D eigenvalue weighted by Crippen LogP contribution is 1.88. The lowest BCUT2D eigenvalue weighted by Crippen LogP contribution is -2.25. The van der Waals surface area contributed by atoms with Crippen LogP contribution in [0.4, 0.5) is 0 Å². The summed E-state index contributed by atoms with van der Waals surface area (Å²) >= 11 is 0. The molecule has 0 saturated heterocycles. The number of azide groups is 1. The van der Waals surface area contributed by atoms with Crippen molar-refractivity contribution < 1.29 is 4.79 Å². The molecular weight excluding hydrogens is 186 g/mol. The third kappa shape index (κ3) is 3.11. The number of carbonyl (C=O) groups excluding carboxylic acids is 1. The van der Waals surface area contributed by atoms with Crippen molar-refractivity contribution in [2.75, 3.05) is 13.1 Å². The van der Waals surface area contributed by atoms with Gasteiger partial charge < -0.3 is 5.32 Å². The molecule has 0 aromatic carbocycles. The van der Waals surface area contributed by atoms with Crippen LogP contribution >= 0.6 is 0 Å². The van der Waals surface area contributed by atoms with Crippen LogP contribution in [0.25, 0.3) is 10.4 Å². The summed E-state index contributed by atoms with van der Waals surface area (Å²) < 4.78 is 0. The molecule has 1 aromatic rings. The Morgan fingerprint density at radius 1 is 1.79 bits per heavy atom. The Morgan fingerprint density at radius 3 is 3.29 bits per heavy atom. The summed E-state index contributed by atoms with van der Waals surface area (Å²) in [7, 11) is 0. The van der Waals surface area contributed by atoms with Crippen LogP contribution in [0, 0.1) is 0 Å². The van der Waals surface area contributed by atoms with Gasteiger partial charge >= 0.3 is 0 Å². The number of rotatable bonds is 5. The molecule has 0 saturated carbocycles. The van der Waals surface area contributed by atoms with E-state index in [9.17, 15) is 4.79 Å². The minimum absolute atomic E-state index is 0.244. The molecule has 2 N–H and O–H groups in total. The Bertz CT molecular complexity index is 326. The second kappa shape index (κ2) is 5.55. The summed E-state index contributed by atoms with van der Waals surface area (Å²) in [6.07, 6.45) is 1.94. The van der Waals surface area contributed by atoms with E-state index in [4.69, 9.17) is 5.53 Å². The molecule has 0 unspecified atom stereocenters. The van der Waals surface area contributed by atoms with Gasteiger partial charge in [0.2, 0.25) is 0 Å². The number of hydrogen-bond donors (Lipinski definition) is 2. The predicted octanol–water partition coefficient (Wildman–Crippen LogP) is 0.235. The van der Waals surface area contributed by atoms with E-state index in [1.165, 1.54) is 6.20 Å². The highest BCUT2D eigenvalue weighted by atomic mass is 16.1. The first-order valence-electron chi connectivity index (χ1n) is 3.99. The van der Waals surface area contributed by atoms with Gasteiger partial charge in [0.1, 0.15) is 0 Å². The van der Waals surface area contributed by atoms with Crippen molar-refractivity contribution in [2.24, 2.45) is 5.11 Å². The molecule has 1 rings (SSSR count). The van der Waals surface area contributed by atoms with Crippen LogP contribution in [-0.2, 0) is 0 Å². The Morgan fingerprint density at radius 2 is 2.64 bits per heavy atom. The molecule has 1 heterocycles. The van der Waals surface area contributed by atoms with Gasteiger partial charge in [0, 0.05) is 18.0 Å². The zero-order valence-electron chi connectivity index (χ0n) is 7.34. The molecule has 8 heteroatoms. The maximum absolute atomic E-state index is 11.2. The monoisotopic (exact) mass is 195 g/mol. The predicted molar refractivity (Wildman–Crippen MR) is 47.3 cm³/mol. The topological polar surface area (TPSA) is 119 Å². The van der Waals surface area contributed by atoms with Gasteiger partial charge in [-0.1, -0.05) is 5.11 Å². The highest BCUT2D eigenvalue weighted by Gasteiger charge is 2.06. The number of aromatic amines is 1. The molecule has 0 bridgehead atoms. The summed E-state index contributed by atoms with van der Waals surface area (Å²) in [6.45, 7) is 0.820. The van der Waals surface area contributed by atoms with Gasteiger partial charge in [-0.3, -0.25) is 4.79 Å². The van der Waals surface area contributed by atoms with Crippen molar-refractivity contribution in [3.8, 4) is 0 Å². The summed E-state index contributed by atoms with van der Waals surface area (Å²) in [5.41, 5.74) is 8.22. The van der Waals surface area contributed by atoms with Gasteiger partial charge in [0.15, 0.2) is 5.69 Å². The second-order valence-electron chi connectivity index (χ2n) is 2.42. The van der Waals surface area contributed by atoms with Crippen molar-refractivity contribution >= 4 is 5.91 Å². The Labute approximate surface area is 79.3 Å². The fourth-order valence-electron chi connectivity index (χ4n) is 0.798. The summed E-state index contributed by atoms with van der Waals surface area (Å²) in [5, 5.41) is 15.4. The first-order valence-corrected chi connectivity index (χ1v) is 3.99. The van der Waals surface area contributed by atoms with Gasteiger partial charge in [0.05, 0.1) is 6.20 Å². The maximum Gasteiger partial charge on any atom is 0.273 e. The van der Waals surface area contributed by atoms with Gasteiger partial charge in [-0.25, -0.2) is 0 Å². The van der Waals surface area contributed by atoms with Gasteiger partial charge in [0.25, 0.3) is 5.91 Å². The molecule has 0 aliphatic heterocycles. The largest absolute Gasteiger partial charge is 0.351 e. The lowest BCUT2D eigenvalue weighted by molar-refractivity contribution is 0.0948. The zero-order valence-corrected chi connectivity index (χ0v) is 7.34. The number of amides is 1. The lowest BCUT2D eigenvalue weighted by atomic mass is 10.4. The Balaban J connectivity index is 2.19. The SMILES string of the molecule is [N-]=[N+]=NCCCNC(=O)c1cn[nH]n1. The first-order chi connectivity index (χ1) is 6.84. The molecule has 74 valence electrons. The minimum atomic E-state index is -0.292. The standard InChI is InChI=1S/C6H9N7O/c7-12-9-3-1-2-8-6(14)5-4-10-13-11-5/h4H,1-3H2,(H,8,14)(H,10,11,13). The van der Waals surface area contributed by atoms with Gasteiger partial charge in [-0.2, -0.15) is 15.4 Å². The summed E-state index contributed by atoms with van der Waals surface area (Å²) in [5.74, 6) is -0.292. The van der Waals surface area contributed by atoms with E-state index in [2.05, 4.69) is 30.8 Å².